The maximum absolute atomic E-state index is 0. The van der Waals surface area contributed by atoms with Gasteiger partial charge in [0.15, 0.2) is 0 Å². The fourth-order valence-corrected chi connectivity index (χ4v) is 0. The summed E-state index contributed by atoms with van der Waals surface area (Å²) in [6.07, 6.45) is 0. The molecule has 0 atom stereocenters. The van der Waals surface area contributed by atoms with Gasteiger partial charge in [-0.15, -0.1) is 0 Å². The summed E-state index contributed by atoms with van der Waals surface area (Å²) in [5.74, 6) is 0. The Morgan fingerprint density at radius 2 is 0.0200 bits per heavy atom. The second-order valence-corrected chi connectivity index (χ2v) is 0. The van der Waals surface area contributed by atoms with Crippen molar-refractivity contribution in [3.05, 3.63) is 0 Å². The van der Waals surface area contributed by atoms with Gasteiger partial charge in [-0.25, -0.2) is 0 Å². The van der Waals surface area contributed by atoms with Crippen LogP contribution in [-0.4, -0.2) is 0 Å². The SMILES string of the molecule is F.F.F.F.F.F.F.F.F.F.F.F.F.F.F.F.F.F.F.F.F.F.F.F.F.[N].[N].[N].[N].[N].[N].[N].[N].[N].[N].[N].[N].[N].[N].[N].[N].[N].[N].[N].[N].[N].[N].[N].[N].[N].[N].[N].[N].[N].[N].[N].[N].[N].[N].[N].[N].[N].[N].[N].[N].[N].[N].[N].[N].[N].[N].[N].[N].[N].[N].[N].[N].[N].[N].[N].[N].[N].[N].[N].[N].[N].[N].[N].[N].[N].[N].[N].[N].[N].[N].[N].[N].[N].[N].[N]. The minimum Gasteiger partial charge on any atom is -0.269 e. The lowest BCUT2D eigenvalue weighted by Crippen LogP contribution is -0.482. The third-order valence-electron chi connectivity index (χ3n) is 0. The van der Waals surface area contributed by atoms with Gasteiger partial charge >= 0.3 is 0 Å². The zero-order valence-electron chi connectivity index (χ0n) is 43.7. The smallest absolute Gasteiger partial charge is 0 e. The van der Waals surface area contributed by atoms with Gasteiger partial charge in [0.2, 0.25) is 0 Å². The van der Waals surface area contributed by atoms with Crippen molar-refractivity contribution in [1.29, 1.82) is 0 Å². The van der Waals surface area contributed by atoms with Crippen molar-refractivity contribution in [2.24, 2.45) is 0 Å². The first-order valence-electron chi connectivity index (χ1n) is 0. The molecule has 0 unspecified atom stereocenters. The lowest BCUT2D eigenvalue weighted by atomic mass is 14.0. The van der Waals surface area contributed by atoms with Crippen molar-refractivity contribution in [3.63, 3.8) is 0 Å². The quantitative estimate of drug-likeness (QED) is 0.204. The lowest BCUT2D eigenvalue weighted by Gasteiger charge is -0.270. The molecular weight excluding hydrogens is 1530 g/mol. The summed E-state index contributed by atoms with van der Waals surface area (Å²) in [4.78, 5) is 0. The fraction of sp³-hybridized carbons (Fsp3) is 0. The van der Waals surface area contributed by atoms with Gasteiger partial charge < -0.3 is 0 Å². The molecular formula is H25F25N75. The summed E-state index contributed by atoms with van der Waals surface area (Å²) in [7, 11) is 0. The Hall–Kier alpha value is -4.75. The van der Waals surface area contributed by atoms with Crippen LogP contribution in [0.25, 0.3) is 0 Å². The first-order valence-corrected chi connectivity index (χ1v) is 0. The second kappa shape index (κ2) is 36300. The molecule has 0 N–H and O–H groups in total. The van der Waals surface area contributed by atoms with Crippen LogP contribution in [0.1, 0.15) is 0 Å². The van der Waals surface area contributed by atoms with E-state index in [0.717, 1.165) is 0 Å². The first kappa shape index (κ1) is 37500. The van der Waals surface area contributed by atoms with E-state index in [2.05, 4.69) is 0 Å². The van der Waals surface area contributed by atoms with E-state index >= 15 is 0 Å². The van der Waals surface area contributed by atoms with Gasteiger partial charge in [0.05, 0.1) is 0 Å². The maximum atomic E-state index is 0. The van der Waals surface area contributed by atoms with E-state index < -0.39 is 0 Å². The molecule has 0 heterocycles. The summed E-state index contributed by atoms with van der Waals surface area (Å²) in [6.45, 7) is 0. The average Bonchev–Trinajstić information content (AvgIpc) is 0. The molecule has 0 aromatic carbocycles. The average molecular weight is 1550 g/mol. The molecule has 0 saturated heterocycles. The zero-order chi connectivity index (χ0) is 0. The number of halogens is 25. The highest BCUT2D eigenvalue weighted by atomic mass is 19.0. The van der Waals surface area contributed by atoms with Gasteiger partial charge in [0.25, 0.3) is 0 Å². The minimum atomic E-state index is 0. The van der Waals surface area contributed by atoms with Crippen LogP contribution >= 0.6 is 0 Å². The molecule has 0 aromatic rings. The molecule has 0 aliphatic rings. The fourth-order valence-electron chi connectivity index (χ4n) is 0. The standard InChI is InChI=1S/25FH.75N/h25*1H;;;;;;;;;;;;;;;;;;;;;;;;;;;;;;;;;;;;;;;;;;;;;;;;;;;;;;;;;;;;;;;;;;;;;;;;;;;. The van der Waals surface area contributed by atoms with Crippen LogP contribution in [0.15, 0.2) is 0 Å². The van der Waals surface area contributed by atoms with E-state index in [4.69, 9.17) is 0 Å². The number of hydrogen-bond acceptors (Lipinski definition) is 0. The Bertz CT molecular complexity index is 81.1. The molecule has 225 radical (unpaired) electrons. The third kappa shape index (κ3) is 35200. The number of nitrogens with zero attached hydrogens (tertiary/aromatic N) is 75. The summed E-state index contributed by atoms with van der Waals surface area (Å²) in [5, 5.41) is 0. The van der Waals surface area contributed by atoms with Gasteiger partial charge in [-0.3, -0.25) is 118 Å². The Kier molecular flexibility index (Phi) is 13600000. The van der Waals surface area contributed by atoms with Crippen LogP contribution in [0.5, 0.6) is 0 Å². The van der Waals surface area contributed by atoms with E-state index in [1.54, 1.807) is 0 Å². The van der Waals surface area contributed by atoms with Crippen molar-refractivity contribution >= 4 is 0 Å². The molecule has 0 aromatic heterocycles. The molecule has 0 aliphatic carbocycles. The summed E-state index contributed by atoms with van der Waals surface area (Å²) in [5.41, 5.74) is 0. The Morgan fingerprint density at radius 1 is 0.0200 bits per heavy atom. The van der Waals surface area contributed by atoms with E-state index in [-0.39, 0.29) is 579 Å². The van der Waals surface area contributed by atoms with Crippen LogP contribution in [0.3, 0.4) is 0 Å². The van der Waals surface area contributed by atoms with Crippen molar-refractivity contribution in [2.45, 2.75) is 0 Å². The van der Waals surface area contributed by atoms with Gasteiger partial charge in [0.1, 0.15) is 0 Å². The first-order chi connectivity index (χ1) is 0. The van der Waals surface area contributed by atoms with Crippen LogP contribution in [-0.2, 0) is 0 Å². The highest BCUT2D eigenvalue weighted by Gasteiger charge is 0.0798. The van der Waals surface area contributed by atoms with Gasteiger partial charge in [-0.2, -0.15) is 0 Å². The highest BCUT2D eigenvalue weighted by molar-refractivity contribution is 2.21. The van der Waals surface area contributed by atoms with Crippen molar-refractivity contribution in [2.75, 3.05) is 0 Å². The lowest BCUT2D eigenvalue weighted by molar-refractivity contribution is 1.11. The van der Waals surface area contributed by atoms with Crippen LogP contribution in [0, 0.1) is 0 Å². The largest absolute Gasteiger partial charge is 0.269 e. The molecule has 0 aliphatic heterocycles. The monoisotopic (exact) mass is 1550 g/mol. The molecule has 0 fully saturated rings. The van der Waals surface area contributed by atoms with Crippen molar-refractivity contribution in [1.82, 2.24) is 461 Å². The molecule has 0 rings (SSSR count). The maximum Gasteiger partial charge on any atom is 0 e. The Morgan fingerprint density at radius 3 is 0.0200 bits per heavy atom. The summed E-state index contributed by atoms with van der Waals surface area (Å²) < 4.78 is 0. The van der Waals surface area contributed by atoms with E-state index in [9.17, 15) is 0 Å². The van der Waals surface area contributed by atoms with Crippen LogP contribution in [0.4, 0.5) is 118 Å². The van der Waals surface area contributed by atoms with Gasteiger partial charge in [-0.1, -0.05) is 0 Å². The Balaban J connectivity index is 0. The molecule has 0 bridgehead atoms. The molecule has 575 valence electrons. The normalized spacial score (nSPS) is 0. The van der Waals surface area contributed by atoms with Gasteiger partial charge in [-0.05, 0) is 0 Å². The summed E-state index contributed by atoms with van der Waals surface area (Å²) >= 11 is 0. The molecule has 100 heavy (non-hydrogen) atoms. The third-order valence-corrected chi connectivity index (χ3v) is 0. The van der Waals surface area contributed by atoms with E-state index in [1.807, 2.05) is 0 Å². The number of rotatable bonds is 0. The van der Waals surface area contributed by atoms with Gasteiger partial charge in [0, 0.05) is 461 Å². The topological polar surface area (TPSA) is 2290 Å². The molecule has 0 spiro atoms. The minimum absolute atomic E-state index is 0. The van der Waals surface area contributed by atoms with Crippen molar-refractivity contribution in [3.8, 4) is 0 Å². The molecule has 75 nitrogen and oxygen atoms in total. The Labute approximate surface area is 580 Å². The van der Waals surface area contributed by atoms with E-state index in [0.29, 0.717) is 0 Å². The van der Waals surface area contributed by atoms with Crippen molar-refractivity contribution < 1.29 is 118 Å². The molecule has 100 heteroatoms. The predicted octanol–water partition coefficient (Wildman–Crippen LogP) is -32.2. The van der Waals surface area contributed by atoms with Crippen LogP contribution in [0.2, 0.25) is 0 Å². The molecule has 0 amide bonds. The second-order valence-electron chi connectivity index (χ2n) is 0. The van der Waals surface area contributed by atoms with E-state index in [1.165, 1.54) is 0 Å². The number of hydrogen-bond donors (Lipinski definition) is 0. The zero-order valence-corrected chi connectivity index (χ0v) is 43.7. The van der Waals surface area contributed by atoms with Crippen LogP contribution < -0.4 is 461 Å². The summed E-state index contributed by atoms with van der Waals surface area (Å²) in [6, 6.07) is 0. The molecule has 0 saturated carbocycles. The highest BCUT2D eigenvalue weighted by Crippen LogP contribution is 0.446. The predicted molar refractivity (Wildman–Crippen MR) is 223 cm³/mol.